The second-order valence-electron chi connectivity index (χ2n) is 2.74. The molecule has 88 valence electrons. The Hall–Kier alpha value is -0.890. The molecule has 0 aromatic rings. The van der Waals surface area contributed by atoms with E-state index in [1.54, 1.807) is 0 Å². The molecular formula is C6HF9. The van der Waals surface area contributed by atoms with Gasteiger partial charge < -0.3 is 0 Å². The Labute approximate surface area is 76.4 Å². The summed E-state index contributed by atoms with van der Waals surface area (Å²) in [5.41, 5.74) is -5.99. The summed E-state index contributed by atoms with van der Waals surface area (Å²) in [4.78, 5) is 0. The van der Waals surface area contributed by atoms with Gasteiger partial charge in [0.05, 0.1) is 5.57 Å². The van der Waals surface area contributed by atoms with Crippen LogP contribution < -0.4 is 0 Å². The minimum Gasteiger partial charge on any atom is -0.205 e. The summed E-state index contributed by atoms with van der Waals surface area (Å²) in [6, 6.07) is 0. The van der Waals surface area contributed by atoms with E-state index in [0.717, 1.165) is 0 Å². The Bertz CT molecular complexity index is 307. The van der Waals surface area contributed by atoms with Crippen LogP contribution in [-0.2, 0) is 0 Å². The van der Waals surface area contributed by atoms with Crippen LogP contribution in [0.5, 0.6) is 0 Å². The summed E-state index contributed by atoms with van der Waals surface area (Å²) in [7, 11) is 0. The zero-order chi connectivity index (χ0) is 12.2. The van der Waals surface area contributed by atoms with E-state index >= 15 is 0 Å². The van der Waals surface area contributed by atoms with E-state index < -0.39 is 35.6 Å². The van der Waals surface area contributed by atoms with Crippen molar-refractivity contribution < 1.29 is 39.5 Å². The highest BCUT2D eigenvalue weighted by Gasteiger charge is 2.78. The van der Waals surface area contributed by atoms with Gasteiger partial charge in [0, 0.05) is 0 Å². The Morgan fingerprint density at radius 2 is 1.27 bits per heavy atom. The van der Waals surface area contributed by atoms with Crippen LogP contribution in [0.15, 0.2) is 11.1 Å². The molecule has 0 heterocycles. The van der Waals surface area contributed by atoms with Gasteiger partial charge in [0.2, 0.25) is 0 Å². The first kappa shape index (κ1) is 12.2. The molecule has 0 atom stereocenters. The van der Waals surface area contributed by atoms with Crippen molar-refractivity contribution in [2.24, 2.45) is 0 Å². The molecule has 0 saturated heterocycles. The maximum atomic E-state index is 12.2. The Balaban J connectivity index is 3.37. The quantitative estimate of drug-likeness (QED) is 0.490. The molecule has 1 rings (SSSR count). The molecule has 0 amide bonds. The number of alkyl halides is 9. The standard InChI is InChI=1S/C6HF9/c7-3(8)1-2(6(13,14)15)5(11,12)4(1,9)10/h3H. The third kappa shape index (κ3) is 1.39. The summed E-state index contributed by atoms with van der Waals surface area (Å²) in [5.74, 6) is -11.0. The third-order valence-electron chi connectivity index (χ3n) is 1.82. The van der Waals surface area contributed by atoms with E-state index in [2.05, 4.69) is 0 Å². The van der Waals surface area contributed by atoms with Crippen LogP contribution in [0, 0.1) is 0 Å². The largest absolute Gasteiger partial charge is 0.419 e. The summed E-state index contributed by atoms with van der Waals surface area (Å²) in [5, 5.41) is 0. The van der Waals surface area contributed by atoms with Crippen LogP contribution >= 0.6 is 0 Å². The molecule has 0 bridgehead atoms. The molecular weight excluding hydrogens is 243 g/mol. The third-order valence-corrected chi connectivity index (χ3v) is 1.82. The molecule has 0 aromatic heterocycles. The minimum atomic E-state index is -5.89. The fraction of sp³-hybridized carbons (Fsp3) is 0.667. The molecule has 0 spiro atoms. The van der Waals surface area contributed by atoms with Gasteiger partial charge in [-0.05, 0) is 0 Å². The molecule has 1 aliphatic carbocycles. The summed E-state index contributed by atoms with van der Waals surface area (Å²) < 4.78 is 108. The highest BCUT2D eigenvalue weighted by molar-refractivity contribution is 5.47. The van der Waals surface area contributed by atoms with Crippen molar-refractivity contribution in [1.82, 2.24) is 0 Å². The number of hydrogen-bond acceptors (Lipinski definition) is 0. The fourth-order valence-electron chi connectivity index (χ4n) is 1.17. The van der Waals surface area contributed by atoms with Crippen molar-refractivity contribution in [3.05, 3.63) is 11.1 Å². The van der Waals surface area contributed by atoms with E-state index in [0.29, 0.717) is 0 Å². The second-order valence-corrected chi connectivity index (χ2v) is 2.74. The van der Waals surface area contributed by atoms with Crippen LogP contribution in [0.2, 0.25) is 0 Å². The zero-order valence-corrected chi connectivity index (χ0v) is 6.48. The first-order valence-corrected chi connectivity index (χ1v) is 3.30. The van der Waals surface area contributed by atoms with Gasteiger partial charge >= 0.3 is 18.0 Å². The first-order chi connectivity index (χ1) is 6.44. The lowest BCUT2D eigenvalue weighted by molar-refractivity contribution is -0.242. The fourth-order valence-corrected chi connectivity index (χ4v) is 1.17. The van der Waals surface area contributed by atoms with E-state index in [-0.39, 0.29) is 0 Å². The van der Waals surface area contributed by atoms with Gasteiger partial charge in [-0.25, -0.2) is 8.78 Å². The van der Waals surface area contributed by atoms with Crippen LogP contribution in [0.4, 0.5) is 39.5 Å². The van der Waals surface area contributed by atoms with Gasteiger partial charge in [0.15, 0.2) is 0 Å². The van der Waals surface area contributed by atoms with Crippen LogP contribution in [0.1, 0.15) is 0 Å². The van der Waals surface area contributed by atoms with E-state index in [9.17, 15) is 39.5 Å². The normalized spacial score (nSPS) is 24.4. The molecule has 15 heavy (non-hydrogen) atoms. The molecule has 0 aliphatic heterocycles. The van der Waals surface area contributed by atoms with Crippen LogP contribution in [0.3, 0.4) is 0 Å². The molecule has 0 N–H and O–H groups in total. The average Bonchev–Trinajstić information content (AvgIpc) is 1.95. The lowest BCUT2D eigenvalue weighted by Gasteiger charge is -2.41. The first-order valence-electron chi connectivity index (χ1n) is 3.30. The molecule has 0 unspecified atom stereocenters. The van der Waals surface area contributed by atoms with Crippen molar-refractivity contribution in [3.63, 3.8) is 0 Å². The molecule has 0 fully saturated rings. The number of hydrogen-bond donors (Lipinski definition) is 0. The van der Waals surface area contributed by atoms with Gasteiger partial charge in [-0.15, -0.1) is 0 Å². The predicted molar refractivity (Wildman–Crippen MR) is 29.0 cm³/mol. The van der Waals surface area contributed by atoms with Gasteiger partial charge in [0.25, 0.3) is 6.43 Å². The molecule has 1 aliphatic rings. The second kappa shape index (κ2) is 2.82. The lowest BCUT2D eigenvalue weighted by atomic mass is 9.79. The molecule has 0 nitrogen and oxygen atoms in total. The van der Waals surface area contributed by atoms with E-state index in [1.165, 1.54) is 0 Å². The van der Waals surface area contributed by atoms with Crippen LogP contribution in [0.25, 0.3) is 0 Å². The van der Waals surface area contributed by atoms with Crippen molar-refractivity contribution in [2.45, 2.75) is 24.4 Å². The van der Waals surface area contributed by atoms with Gasteiger partial charge in [-0.3, -0.25) is 0 Å². The van der Waals surface area contributed by atoms with E-state index in [4.69, 9.17) is 0 Å². The molecule has 0 radical (unpaired) electrons. The summed E-state index contributed by atoms with van der Waals surface area (Å²) in [6.45, 7) is 0. The lowest BCUT2D eigenvalue weighted by Crippen LogP contribution is -2.59. The minimum absolute atomic E-state index is 2.85. The zero-order valence-electron chi connectivity index (χ0n) is 6.48. The SMILES string of the molecule is FC(F)C1=C(C(F)(F)F)C(F)(F)C1(F)F. The van der Waals surface area contributed by atoms with Crippen molar-refractivity contribution >= 4 is 0 Å². The number of allylic oxidation sites excluding steroid dienone is 2. The Morgan fingerprint density at radius 3 is 1.47 bits per heavy atom. The van der Waals surface area contributed by atoms with Gasteiger partial charge in [0.1, 0.15) is 5.57 Å². The van der Waals surface area contributed by atoms with Gasteiger partial charge in [-0.1, -0.05) is 0 Å². The summed E-state index contributed by atoms with van der Waals surface area (Å²) in [6.07, 6.45) is -10.2. The Kier molecular flexibility index (Phi) is 2.29. The van der Waals surface area contributed by atoms with Gasteiger partial charge in [-0.2, -0.15) is 30.7 Å². The maximum absolute atomic E-state index is 12.2. The maximum Gasteiger partial charge on any atom is 0.419 e. The summed E-state index contributed by atoms with van der Waals surface area (Å²) >= 11 is 0. The smallest absolute Gasteiger partial charge is 0.205 e. The van der Waals surface area contributed by atoms with E-state index in [1.807, 2.05) is 0 Å². The van der Waals surface area contributed by atoms with Crippen molar-refractivity contribution in [1.29, 1.82) is 0 Å². The van der Waals surface area contributed by atoms with Crippen molar-refractivity contribution in [2.75, 3.05) is 0 Å². The Morgan fingerprint density at radius 1 is 0.867 bits per heavy atom. The highest BCUT2D eigenvalue weighted by Crippen LogP contribution is 2.61. The molecule has 9 heteroatoms. The molecule has 0 saturated carbocycles. The predicted octanol–water partition coefficient (Wildman–Crippen LogP) is 3.39. The average molecular weight is 244 g/mol. The van der Waals surface area contributed by atoms with Crippen LogP contribution in [-0.4, -0.2) is 24.4 Å². The van der Waals surface area contributed by atoms with Crippen molar-refractivity contribution in [3.8, 4) is 0 Å². The topological polar surface area (TPSA) is 0 Å². The monoisotopic (exact) mass is 244 g/mol. The molecule has 0 aromatic carbocycles. The highest BCUT2D eigenvalue weighted by atomic mass is 19.4. The number of halogens is 9. The number of rotatable bonds is 1.